The monoisotopic (exact) mass is 267 g/mol. The summed E-state index contributed by atoms with van der Waals surface area (Å²) in [5.41, 5.74) is 0. The Morgan fingerprint density at radius 2 is 2.32 bits per heavy atom. The Balaban J connectivity index is 1.99. The summed E-state index contributed by atoms with van der Waals surface area (Å²) in [7, 11) is 1.55. The molecule has 0 aromatic carbocycles. The molecule has 0 unspecified atom stereocenters. The molecule has 0 aliphatic carbocycles. The van der Waals surface area contributed by atoms with Gasteiger partial charge in [0.15, 0.2) is 11.9 Å². The highest BCUT2D eigenvalue weighted by Gasteiger charge is 2.54. The molecule has 2 fully saturated rings. The van der Waals surface area contributed by atoms with Crippen molar-refractivity contribution in [2.75, 3.05) is 20.3 Å². The zero-order valence-electron chi connectivity index (χ0n) is 11.7. The number of β-lactam (4-membered cyclic amide) rings is 1. The Morgan fingerprint density at radius 3 is 2.84 bits per heavy atom. The van der Waals surface area contributed by atoms with Gasteiger partial charge in [0.1, 0.15) is 6.10 Å². The van der Waals surface area contributed by atoms with Crippen LogP contribution in [0.2, 0.25) is 0 Å². The number of nitrogens with zero attached hydrogens (tertiary/aromatic N) is 1. The molecule has 0 radical (unpaired) electrons. The summed E-state index contributed by atoms with van der Waals surface area (Å²) in [5, 5.41) is 0. The van der Waals surface area contributed by atoms with E-state index in [9.17, 15) is 4.79 Å². The molecule has 2 aliphatic heterocycles. The second-order valence-electron chi connectivity index (χ2n) is 5.35. The highest BCUT2D eigenvalue weighted by molar-refractivity contribution is 5.88. The Labute approximate surface area is 114 Å². The molecule has 2 aliphatic rings. The fourth-order valence-electron chi connectivity index (χ4n) is 2.67. The zero-order valence-corrected chi connectivity index (χ0v) is 11.7. The first kappa shape index (κ1) is 14.3. The number of carbonyl (C=O) groups excluding carboxylic acids is 1. The quantitative estimate of drug-likeness (QED) is 0.419. The van der Waals surface area contributed by atoms with Crippen LogP contribution in [0, 0.1) is 12.3 Å². The lowest BCUT2D eigenvalue weighted by atomic mass is 9.92. The van der Waals surface area contributed by atoms with Gasteiger partial charge in [-0.25, -0.2) is 0 Å². The van der Waals surface area contributed by atoms with Gasteiger partial charge in [-0.1, -0.05) is 0 Å². The van der Waals surface area contributed by atoms with E-state index in [1.807, 2.05) is 13.8 Å². The molecule has 0 aromatic heterocycles. The minimum Gasteiger partial charge on any atom is -0.369 e. The van der Waals surface area contributed by atoms with E-state index in [2.05, 4.69) is 5.92 Å². The molecule has 5 nitrogen and oxygen atoms in total. The fraction of sp³-hybridized carbons (Fsp3) is 0.786. The SMILES string of the molecule is C#CCCCN1C(=O)[C@H](OC)[C@@H]1[C@H]1COC(C)(C)O1. The number of hydrogen-bond acceptors (Lipinski definition) is 4. The van der Waals surface area contributed by atoms with Crippen molar-refractivity contribution in [2.45, 2.75) is 50.7 Å². The molecular formula is C14H21NO4. The Bertz CT molecular complexity index is 387. The lowest BCUT2D eigenvalue weighted by molar-refractivity contribution is -0.193. The fourth-order valence-corrected chi connectivity index (χ4v) is 2.67. The van der Waals surface area contributed by atoms with Crippen molar-refractivity contribution in [3.05, 3.63) is 0 Å². The van der Waals surface area contributed by atoms with Gasteiger partial charge in [0.05, 0.1) is 12.6 Å². The minimum absolute atomic E-state index is 0.0119. The first-order valence-corrected chi connectivity index (χ1v) is 6.58. The molecule has 0 aromatic rings. The van der Waals surface area contributed by atoms with Gasteiger partial charge in [0.25, 0.3) is 5.91 Å². The van der Waals surface area contributed by atoms with Gasteiger partial charge in [-0.05, 0) is 20.3 Å². The van der Waals surface area contributed by atoms with Crippen LogP contribution in [0.15, 0.2) is 0 Å². The van der Waals surface area contributed by atoms with Crippen molar-refractivity contribution in [1.29, 1.82) is 0 Å². The molecule has 0 saturated carbocycles. The van der Waals surface area contributed by atoms with Crippen LogP contribution in [-0.4, -0.2) is 55.1 Å². The van der Waals surface area contributed by atoms with E-state index in [1.54, 1.807) is 12.0 Å². The lowest BCUT2D eigenvalue weighted by Gasteiger charge is -2.48. The lowest BCUT2D eigenvalue weighted by Crippen LogP contribution is -2.70. The van der Waals surface area contributed by atoms with Crippen molar-refractivity contribution in [1.82, 2.24) is 4.90 Å². The molecule has 0 bridgehead atoms. The predicted octanol–water partition coefficient (Wildman–Crippen LogP) is 0.777. The summed E-state index contributed by atoms with van der Waals surface area (Å²) in [5.74, 6) is 2.00. The molecule has 2 heterocycles. The summed E-state index contributed by atoms with van der Waals surface area (Å²) in [4.78, 5) is 13.8. The molecule has 2 rings (SSSR count). The van der Waals surface area contributed by atoms with E-state index < -0.39 is 11.9 Å². The summed E-state index contributed by atoms with van der Waals surface area (Å²) in [6, 6.07) is -0.0722. The van der Waals surface area contributed by atoms with E-state index in [4.69, 9.17) is 20.6 Å². The van der Waals surface area contributed by atoms with Crippen LogP contribution in [-0.2, 0) is 19.0 Å². The number of amides is 1. The molecule has 1 amide bonds. The molecule has 3 atom stereocenters. The maximum Gasteiger partial charge on any atom is 0.254 e. The number of carbonyl (C=O) groups is 1. The third kappa shape index (κ3) is 2.76. The Morgan fingerprint density at radius 1 is 1.58 bits per heavy atom. The third-order valence-electron chi connectivity index (χ3n) is 3.58. The molecular weight excluding hydrogens is 246 g/mol. The van der Waals surface area contributed by atoms with Gasteiger partial charge < -0.3 is 19.1 Å². The number of ether oxygens (including phenoxy) is 3. The van der Waals surface area contributed by atoms with Crippen LogP contribution < -0.4 is 0 Å². The number of likely N-dealkylation sites (tertiary alicyclic amines) is 1. The third-order valence-corrected chi connectivity index (χ3v) is 3.58. The van der Waals surface area contributed by atoms with E-state index >= 15 is 0 Å². The van der Waals surface area contributed by atoms with E-state index in [-0.39, 0.29) is 18.1 Å². The van der Waals surface area contributed by atoms with Crippen molar-refractivity contribution >= 4 is 5.91 Å². The standard InChI is InChI=1S/C14H21NO4/c1-5-6-7-8-15-11(12(17-4)13(15)16)10-9-18-14(2,3)19-10/h1,10-12H,6-9H2,2-4H3/t10-,11+,12-/m1/s1. The van der Waals surface area contributed by atoms with Gasteiger partial charge in [-0.3, -0.25) is 4.79 Å². The maximum atomic E-state index is 12.0. The smallest absolute Gasteiger partial charge is 0.254 e. The summed E-state index contributed by atoms with van der Waals surface area (Å²) >= 11 is 0. The van der Waals surface area contributed by atoms with Crippen molar-refractivity contribution < 1.29 is 19.0 Å². The average molecular weight is 267 g/mol. The van der Waals surface area contributed by atoms with Crippen molar-refractivity contribution in [2.24, 2.45) is 0 Å². The van der Waals surface area contributed by atoms with Gasteiger partial charge in [-0.2, -0.15) is 0 Å². The molecule has 106 valence electrons. The van der Waals surface area contributed by atoms with Gasteiger partial charge in [0, 0.05) is 20.1 Å². The second kappa shape index (κ2) is 5.49. The molecule has 2 saturated heterocycles. The summed E-state index contributed by atoms with van der Waals surface area (Å²) < 4.78 is 16.7. The van der Waals surface area contributed by atoms with Crippen molar-refractivity contribution in [3.63, 3.8) is 0 Å². The van der Waals surface area contributed by atoms with Crippen LogP contribution in [0.25, 0.3) is 0 Å². The highest BCUT2D eigenvalue weighted by Crippen LogP contribution is 2.34. The summed E-state index contributed by atoms with van der Waals surface area (Å²) in [6.07, 6.45) is 6.14. The van der Waals surface area contributed by atoms with Crippen LogP contribution >= 0.6 is 0 Å². The Kier molecular flexibility index (Phi) is 4.14. The Hall–Kier alpha value is -1.09. The zero-order chi connectivity index (χ0) is 14.0. The van der Waals surface area contributed by atoms with Gasteiger partial charge in [-0.15, -0.1) is 12.3 Å². The first-order chi connectivity index (χ1) is 9.00. The molecule has 5 heteroatoms. The van der Waals surface area contributed by atoms with Crippen LogP contribution in [0.4, 0.5) is 0 Å². The van der Waals surface area contributed by atoms with Crippen LogP contribution in [0.5, 0.6) is 0 Å². The minimum atomic E-state index is -0.591. The largest absolute Gasteiger partial charge is 0.369 e. The van der Waals surface area contributed by atoms with E-state index in [1.165, 1.54) is 0 Å². The molecule has 0 spiro atoms. The van der Waals surface area contributed by atoms with Crippen LogP contribution in [0.3, 0.4) is 0 Å². The van der Waals surface area contributed by atoms with E-state index in [0.717, 1.165) is 6.42 Å². The average Bonchev–Trinajstić information content (AvgIpc) is 2.71. The maximum absolute atomic E-state index is 12.0. The van der Waals surface area contributed by atoms with Crippen molar-refractivity contribution in [3.8, 4) is 12.3 Å². The van der Waals surface area contributed by atoms with Gasteiger partial charge >= 0.3 is 0 Å². The highest BCUT2D eigenvalue weighted by atomic mass is 16.7. The molecule has 19 heavy (non-hydrogen) atoms. The number of hydrogen-bond donors (Lipinski definition) is 0. The normalized spacial score (nSPS) is 33.1. The van der Waals surface area contributed by atoms with Gasteiger partial charge in [0.2, 0.25) is 0 Å². The molecule has 0 N–H and O–H groups in total. The van der Waals surface area contributed by atoms with E-state index in [0.29, 0.717) is 19.6 Å². The number of rotatable bonds is 5. The topological polar surface area (TPSA) is 48.0 Å². The predicted molar refractivity (Wildman–Crippen MR) is 69.3 cm³/mol. The number of unbranched alkanes of at least 4 members (excludes halogenated alkanes) is 1. The second-order valence-corrected chi connectivity index (χ2v) is 5.35. The number of methoxy groups -OCH3 is 1. The first-order valence-electron chi connectivity index (χ1n) is 6.58. The summed E-state index contributed by atoms with van der Waals surface area (Å²) in [6.45, 7) is 4.88. The van der Waals surface area contributed by atoms with Crippen LogP contribution in [0.1, 0.15) is 26.7 Å². The number of terminal acetylenes is 1.